The van der Waals surface area contributed by atoms with E-state index in [4.69, 9.17) is 33.2 Å². The molecule has 2 aliphatic heterocycles. The van der Waals surface area contributed by atoms with Crippen LogP contribution in [0.2, 0.25) is 0 Å². The minimum absolute atomic E-state index is 0.0153. The number of carbonyl (C=O) groups excluding carboxylic acids is 2. The Kier molecular flexibility index (Phi) is 15.0. The van der Waals surface area contributed by atoms with Crippen molar-refractivity contribution < 1.29 is 72.6 Å². The normalized spacial score (nSPS) is 35.0. The molecule has 0 amide bonds. The summed E-state index contributed by atoms with van der Waals surface area (Å²) in [6.07, 6.45) is -8.46. The molecule has 0 aromatic rings. The van der Waals surface area contributed by atoms with E-state index in [1.807, 2.05) is 0 Å². The molecule has 2 aliphatic rings. The van der Waals surface area contributed by atoms with E-state index >= 15 is 0 Å². The summed E-state index contributed by atoms with van der Waals surface area (Å²) in [6, 6.07) is 0. The van der Waals surface area contributed by atoms with Crippen LogP contribution < -0.4 is 0 Å². The maximum atomic E-state index is 11.4. The number of hydrogen-bond donors (Lipinski definition) is 4. The second-order valence-electron chi connectivity index (χ2n) is 9.35. The van der Waals surface area contributed by atoms with Gasteiger partial charge in [-0.15, -0.1) is 0 Å². The second kappa shape index (κ2) is 17.3. The van der Waals surface area contributed by atoms with Gasteiger partial charge in [0, 0.05) is 26.1 Å². The summed E-state index contributed by atoms with van der Waals surface area (Å²) in [5, 5.41) is 42.6. The molecule has 0 aromatic carbocycles. The third-order valence-corrected chi connectivity index (χ3v) is 6.74. The molecule has 0 aliphatic carbocycles. The number of aliphatic hydroxyl groups is 4. The number of aliphatic hydroxyl groups excluding tert-OH is 4. The molecule has 0 aromatic heterocycles. The van der Waals surface area contributed by atoms with Gasteiger partial charge in [0.25, 0.3) is 0 Å². The van der Waals surface area contributed by atoms with Crippen LogP contribution in [0, 0.1) is 11.8 Å². The highest BCUT2D eigenvalue weighted by Crippen LogP contribution is 2.30. The molecule has 2 heterocycles. The van der Waals surface area contributed by atoms with Crippen LogP contribution in [0.4, 0.5) is 0 Å². The van der Waals surface area contributed by atoms with E-state index in [1.54, 1.807) is 0 Å². The van der Waals surface area contributed by atoms with Crippen LogP contribution in [-0.2, 0) is 52.2 Å². The number of ether oxygens (including phenoxy) is 9. The monoisotopic (exact) mass is 570 g/mol. The lowest BCUT2D eigenvalue weighted by molar-refractivity contribution is -0.245. The minimum Gasteiger partial charge on any atom is -0.467 e. The van der Waals surface area contributed by atoms with Gasteiger partial charge in [-0.25, -0.2) is 9.59 Å². The highest BCUT2D eigenvalue weighted by atomic mass is 16.6. The molecule has 39 heavy (non-hydrogen) atoms. The standard InChI is InChI=1S/C24H42O15/c1-31-5-13-15(8-36-11-19(25)33-3)39-18(24(30)21(13)27)10-35-6-14-16(9-37-12-20(26)34-4)38-17(7-32-2)23(29)22(14)28/h13-18,21-24,27-30H,5-12H2,1-4H3. The summed E-state index contributed by atoms with van der Waals surface area (Å²) >= 11 is 0. The van der Waals surface area contributed by atoms with Crippen LogP contribution >= 0.6 is 0 Å². The van der Waals surface area contributed by atoms with Crippen molar-refractivity contribution in [1.29, 1.82) is 0 Å². The van der Waals surface area contributed by atoms with Gasteiger partial charge in [0.1, 0.15) is 37.6 Å². The molecule has 0 saturated carbocycles. The maximum Gasteiger partial charge on any atom is 0.331 e. The predicted octanol–water partition coefficient (Wildman–Crippen LogP) is -3.11. The quantitative estimate of drug-likeness (QED) is 0.136. The molecule has 2 saturated heterocycles. The Labute approximate surface area is 227 Å². The Morgan fingerprint density at radius 1 is 0.538 bits per heavy atom. The summed E-state index contributed by atoms with van der Waals surface area (Å²) in [7, 11) is 5.31. The van der Waals surface area contributed by atoms with Crippen molar-refractivity contribution in [2.45, 2.75) is 48.8 Å². The van der Waals surface area contributed by atoms with Crippen molar-refractivity contribution in [3.8, 4) is 0 Å². The van der Waals surface area contributed by atoms with E-state index in [2.05, 4.69) is 9.47 Å². The molecule has 15 heteroatoms. The van der Waals surface area contributed by atoms with E-state index in [1.165, 1.54) is 28.4 Å². The first-order valence-corrected chi connectivity index (χ1v) is 12.6. The highest BCUT2D eigenvalue weighted by molar-refractivity contribution is 5.70. The lowest BCUT2D eigenvalue weighted by atomic mass is 9.87. The van der Waals surface area contributed by atoms with Gasteiger partial charge in [-0.1, -0.05) is 0 Å². The van der Waals surface area contributed by atoms with Crippen molar-refractivity contribution in [3.63, 3.8) is 0 Å². The average molecular weight is 571 g/mol. The number of methoxy groups -OCH3 is 4. The number of carbonyl (C=O) groups is 2. The van der Waals surface area contributed by atoms with Crippen molar-refractivity contribution in [3.05, 3.63) is 0 Å². The maximum absolute atomic E-state index is 11.4. The van der Waals surface area contributed by atoms with Crippen molar-refractivity contribution in [1.82, 2.24) is 0 Å². The first-order valence-electron chi connectivity index (χ1n) is 12.6. The van der Waals surface area contributed by atoms with Crippen molar-refractivity contribution in [2.75, 3.05) is 81.3 Å². The smallest absolute Gasteiger partial charge is 0.331 e. The third-order valence-electron chi connectivity index (χ3n) is 6.74. The van der Waals surface area contributed by atoms with E-state index in [0.717, 1.165) is 0 Å². The summed E-state index contributed by atoms with van der Waals surface area (Å²) in [5.41, 5.74) is 0. The van der Waals surface area contributed by atoms with E-state index in [9.17, 15) is 30.0 Å². The number of hydrogen-bond acceptors (Lipinski definition) is 15. The molecular weight excluding hydrogens is 528 g/mol. The fourth-order valence-electron chi connectivity index (χ4n) is 4.52. The molecule has 15 nitrogen and oxygen atoms in total. The number of esters is 2. The lowest BCUT2D eigenvalue weighted by Gasteiger charge is -2.44. The first-order chi connectivity index (χ1) is 18.7. The Balaban J connectivity index is 2.02. The van der Waals surface area contributed by atoms with Gasteiger partial charge in [0.2, 0.25) is 0 Å². The second-order valence-corrected chi connectivity index (χ2v) is 9.35. The Hall–Kier alpha value is -1.50. The fraction of sp³-hybridized carbons (Fsp3) is 0.917. The highest BCUT2D eigenvalue weighted by Gasteiger charge is 2.46. The fourth-order valence-corrected chi connectivity index (χ4v) is 4.52. The SMILES string of the molecule is COCC1OC(COCC(=O)OC)C(COCC2OC(COCC(=O)OC)C(COC)C(O)C2O)C(O)C1O. The third kappa shape index (κ3) is 9.82. The van der Waals surface area contributed by atoms with Crippen molar-refractivity contribution >= 4 is 11.9 Å². The topological polar surface area (TPSA) is 198 Å². The molecule has 2 fully saturated rings. The van der Waals surface area contributed by atoms with Gasteiger partial charge < -0.3 is 63.1 Å². The van der Waals surface area contributed by atoms with E-state index in [-0.39, 0.29) is 52.9 Å². The minimum atomic E-state index is -1.33. The molecule has 2 rings (SSSR count). The van der Waals surface area contributed by atoms with Gasteiger partial charge in [0.15, 0.2) is 0 Å². The molecule has 0 bridgehead atoms. The summed E-state index contributed by atoms with van der Waals surface area (Å²) in [4.78, 5) is 22.8. The van der Waals surface area contributed by atoms with Crippen LogP contribution in [0.25, 0.3) is 0 Å². The molecule has 4 N–H and O–H groups in total. The molecule has 228 valence electrons. The Bertz CT molecular complexity index is 724. The van der Waals surface area contributed by atoms with Crippen LogP contribution in [0.5, 0.6) is 0 Å². The zero-order chi connectivity index (χ0) is 28.9. The lowest BCUT2D eigenvalue weighted by Crippen LogP contribution is -2.59. The zero-order valence-corrected chi connectivity index (χ0v) is 22.7. The van der Waals surface area contributed by atoms with E-state index < -0.39 is 72.6 Å². The molecular formula is C24H42O15. The van der Waals surface area contributed by atoms with Crippen LogP contribution in [0.1, 0.15) is 0 Å². The zero-order valence-electron chi connectivity index (χ0n) is 22.7. The predicted molar refractivity (Wildman–Crippen MR) is 129 cm³/mol. The van der Waals surface area contributed by atoms with Gasteiger partial charge >= 0.3 is 11.9 Å². The van der Waals surface area contributed by atoms with Gasteiger partial charge in [-0.3, -0.25) is 0 Å². The number of rotatable bonds is 16. The van der Waals surface area contributed by atoms with Gasteiger partial charge in [0.05, 0.1) is 78.3 Å². The van der Waals surface area contributed by atoms with Crippen LogP contribution in [-0.4, -0.2) is 162 Å². The summed E-state index contributed by atoms with van der Waals surface area (Å²) in [5.74, 6) is -2.59. The van der Waals surface area contributed by atoms with Gasteiger partial charge in [-0.05, 0) is 0 Å². The van der Waals surface area contributed by atoms with Crippen molar-refractivity contribution in [2.24, 2.45) is 11.8 Å². The molecule has 0 spiro atoms. The molecule has 0 radical (unpaired) electrons. The summed E-state index contributed by atoms with van der Waals surface area (Å²) in [6.45, 7) is -1.09. The first kappa shape index (κ1) is 33.7. The van der Waals surface area contributed by atoms with Gasteiger partial charge in [-0.2, -0.15) is 0 Å². The average Bonchev–Trinajstić information content (AvgIpc) is 2.92. The largest absolute Gasteiger partial charge is 0.467 e. The Morgan fingerprint density at radius 3 is 1.38 bits per heavy atom. The van der Waals surface area contributed by atoms with Crippen LogP contribution in [0.3, 0.4) is 0 Å². The molecule has 10 unspecified atom stereocenters. The molecule has 10 atom stereocenters. The van der Waals surface area contributed by atoms with E-state index in [0.29, 0.717) is 0 Å². The Morgan fingerprint density at radius 2 is 0.949 bits per heavy atom. The van der Waals surface area contributed by atoms with Crippen LogP contribution in [0.15, 0.2) is 0 Å². The summed E-state index contributed by atoms with van der Waals surface area (Å²) < 4.78 is 47.6.